The topological polar surface area (TPSA) is 89.6 Å². The molecule has 0 aliphatic rings. The molecule has 0 fully saturated rings. The first-order valence-electron chi connectivity index (χ1n) is 8.52. The number of imidazole rings is 1. The number of ether oxygens (including phenoxy) is 1. The standard InChI is InChI=1S/C19H15ClN4O3S/c1-2-5-27-15-7-11(6-12(20)17(15)25)8-16-18(26)24-10-14(23-19(24)28-16)13-9-21-3-4-22-13/h3-4,6-10,25H,2,5H2,1H3. The number of thiazole rings is 1. The summed E-state index contributed by atoms with van der Waals surface area (Å²) in [6.45, 7) is 2.42. The highest BCUT2D eigenvalue weighted by atomic mass is 35.5. The molecule has 0 spiro atoms. The zero-order valence-electron chi connectivity index (χ0n) is 14.8. The molecule has 142 valence electrons. The first-order chi connectivity index (χ1) is 13.6. The summed E-state index contributed by atoms with van der Waals surface area (Å²) < 4.78 is 7.50. The summed E-state index contributed by atoms with van der Waals surface area (Å²) in [6.07, 6.45) is 8.90. The molecule has 3 heterocycles. The lowest BCUT2D eigenvalue weighted by atomic mass is 10.2. The summed E-state index contributed by atoms with van der Waals surface area (Å²) in [7, 11) is 0. The average Bonchev–Trinajstić information content (AvgIpc) is 3.24. The maximum absolute atomic E-state index is 12.7. The molecule has 9 heteroatoms. The quantitative estimate of drug-likeness (QED) is 0.540. The van der Waals surface area contributed by atoms with Gasteiger partial charge in [-0.05, 0) is 30.2 Å². The second kappa shape index (κ2) is 7.57. The van der Waals surface area contributed by atoms with Crippen molar-refractivity contribution < 1.29 is 9.84 Å². The maximum Gasteiger partial charge on any atom is 0.274 e. The van der Waals surface area contributed by atoms with Crippen LogP contribution < -0.4 is 14.8 Å². The summed E-state index contributed by atoms with van der Waals surface area (Å²) in [5.41, 5.74) is 1.66. The van der Waals surface area contributed by atoms with E-state index < -0.39 is 0 Å². The number of hydrogen-bond donors (Lipinski definition) is 1. The molecule has 0 atom stereocenters. The van der Waals surface area contributed by atoms with Gasteiger partial charge < -0.3 is 9.84 Å². The third kappa shape index (κ3) is 3.44. The van der Waals surface area contributed by atoms with Gasteiger partial charge in [0, 0.05) is 18.6 Å². The van der Waals surface area contributed by atoms with E-state index in [0.29, 0.717) is 38.8 Å². The third-order valence-electron chi connectivity index (χ3n) is 3.94. The van der Waals surface area contributed by atoms with Gasteiger partial charge in [0.2, 0.25) is 0 Å². The minimum absolute atomic E-state index is 0.107. The summed E-state index contributed by atoms with van der Waals surface area (Å²) >= 11 is 7.35. The highest BCUT2D eigenvalue weighted by Crippen LogP contribution is 2.35. The monoisotopic (exact) mass is 414 g/mol. The fourth-order valence-corrected chi connectivity index (χ4v) is 3.81. The zero-order valence-corrected chi connectivity index (χ0v) is 16.4. The molecule has 1 aromatic carbocycles. The van der Waals surface area contributed by atoms with Crippen LogP contribution in [-0.2, 0) is 0 Å². The van der Waals surface area contributed by atoms with Gasteiger partial charge in [0.05, 0.1) is 22.4 Å². The molecule has 0 amide bonds. The molecule has 28 heavy (non-hydrogen) atoms. The second-order valence-corrected chi connectivity index (χ2v) is 7.40. The summed E-state index contributed by atoms with van der Waals surface area (Å²) in [4.78, 5) is 26.0. The summed E-state index contributed by atoms with van der Waals surface area (Å²) in [6, 6.07) is 3.24. The van der Waals surface area contributed by atoms with E-state index in [-0.39, 0.29) is 16.3 Å². The fraction of sp³-hybridized carbons (Fsp3) is 0.158. The number of nitrogens with zero attached hydrogens (tertiary/aromatic N) is 4. The van der Waals surface area contributed by atoms with Crippen molar-refractivity contribution in [1.82, 2.24) is 19.4 Å². The van der Waals surface area contributed by atoms with Crippen molar-refractivity contribution in [3.8, 4) is 22.9 Å². The van der Waals surface area contributed by atoms with E-state index in [4.69, 9.17) is 16.3 Å². The van der Waals surface area contributed by atoms with Crippen molar-refractivity contribution in [3.63, 3.8) is 0 Å². The van der Waals surface area contributed by atoms with Crippen LogP contribution in [0.2, 0.25) is 5.02 Å². The van der Waals surface area contributed by atoms with Gasteiger partial charge in [-0.15, -0.1) is 0 Å². The van der Waals surface area contributed by atoms with Crippen molar-refractivity contribution in [1.29, 1.82) is 0 Å². The van der Waals surface area contributed by atoms with Crippen LogP contribution in [-0.4, -0.2) is 31.1 Å². The lowest BCUT2D eigenvalue weighted by Gasteiger charge is -2.09. The Morgan fingerprint density at radius 1 is 1.32 bits per heavy atom. The fourth-order valence-electron chi connectivity index (χ4n) is 2.64. The SMILES string of the molecule is CCCOc1cc(C=c2sc3nc(-c4cnccn4)cn3c2=O)cc(Cl)c1O. The van der Waals surface area contributed by atoms with E-state index in [1.165, 1.54) is 15.7 Å². The lowest BCUT2D eigenvalue weighted by molar-refractivity contribution is 0.299. The third-order valence-corrected chi connectivity index (χ3v) is 5.21. The zero-order chi connectivity index (χ0) is 19.7. The molecule has 0 saturated carbocycles. The molecule has 0 radical (unpaired) electrons. The molecule has 0 saturated heterocycles. The Kier molecular flexibility index (Phi) is 4.97. The number of phenols is 1. The van der Waals surface area contributed by atoms with Crippen LogP contribution in [0.3, 0.4) is 0 Å². The van der Waals surface area contributed by atoms with Crippen molar-refractivity contribution >= 4 is 34.0 Å². The highest BCUT2D eigenvalue weighted by molar-refractivity contribution is 7.15. The number of aromatic nitrogens is 4. The smallest absolute Gasteiger partial charge is 0.274 e. The molecule has 4 aromatic rings. The average molecular weight is 415 g/mol. The Morgan fingerprint density at radius 2 is 2.18 bits per heavy atom. The van der Waals surface area contributed by atoms with Gasteiger partial charge in [0.1, 0.15) is 11.4 Å². The van der Waals surface area contributed by atoms with E-state index in [0.717, 1.165) is 6.42 Å². The van der Waals surface area contributed by atoms with E-state index in [2.05, 4.69) is 15.0 Å². The molecule has 7 nitrogen and oxygen atoms in total. The van der Waals surface area contributed by atoms with E-state index in [9.17, 15) is 9.90 Å². The van der Waals surface area contributed by atoms with Crippen LogP contribution >= 0.6 is 22.9 Å². The molecular weight excluding hydrogens is 400 g/mol. The van der Waals surface area contributed by atoms with E-state index in [1.54, 1.807) is 43.0 Å². The van der Waals surface area contributed by atoms with Crippen molar-refractivity contribution in [3.05, 3.63) is 62.4 Å². The number of halogens is 1. The number of fused-ring (bicyclic) bond motifs is 1. The van der Waals surface area contributed by atoms with Crippen LogP contribution in [0.4, 0.5) is 0 Å². The van der Waals surface area contributed by atoms with Crippen LogP contribution in [0.15, 0.2) is 41.7 Å². The van der Waals surface area contributed by atoms with E-state index >= 15 is 0 Å². The lowest BCUT2D eigenvalue weighted by Crippen LogP contribution is -2.22. The molecule has 3 aromatic heterocycles. The largest absolute Gasteiger partial charge is 0.503 e. The summed E-state index contributed by atoms with van der Waals surface area (Å²) in [5.74, 6) is 0.184. The normalized spacial score (nSPS) is 12.0. The molecule has 0 unspecified atom stereocenters. The molecule has 0 aliphatic heterocycles. The predicted octanol–water partition coefficient (Wildman–Crippen LogP) is 2.91. The van der Waals surface area contributed by atoms with Gasteiger partial charge >= 0.3 is 0 Å². The highest BCUT2D eigenvalue weighted by Gasteiger charge is 2.12. The van der Waals surface area contributed by atoms with Crippen LogP contribution in [0, 0.1) is 0 Å². The second-order valence-electron chi connectivity index (χ2n) is 5.98. The van der Waals surface area contributed by atoms with Crippen molar-refractivity contribution in [2.75, 3.05) is 6.61 Å². The molecular formula is C19H15ClN4O3S. The Bertz CT molecular complexity index is 1250. The van der Waals surface area contributed by atoms with Crippen LogP contribution in [0.1, 0.15) is 18.9 Å². The maximum atomic E-state index is 12.7. The predicted molar refractivity (Wildman–Crippen MR) is 108 cm³/mol. The number of aromatic hydroxyl groups is 1. The Labute approximate surface area is 168 Å². The summed E-state index contributed by atoms with van der Waals surface area (Å²) in [5, 5.41) is 10.2. The van der Waals surface area contributed by atoms with Gasteiger partial charge in [-0.2, -0.15) is 0 Å². The molecule has 0 aliphatic carbocycles. The molecule has 4 rings (SSSR count). The molecule has 0 bridgehead atoms. The van der Waals surface area contributed by atoms with Crippen molar-refractivity contribution in [2.45, 2.75) is 13.3 Å². The van der Waals surface area contributed by atoms with Gasteiger partial charge in [0.25, 0.3) is 5.56 Å². The number of rotatable bonds is 5. The van der Waals surface area contributed by atoms with Gasteiger partial charge in [-0.1, -0.05) is 29.9 Å². The van der Waals surface area contributed by atoms with Crippen molar-refractivity contribution in [2.24, 2.45) is 0 Å². The number of phenolic OH excluding ortho intramolecular Hbond substituents is 1. The van der Waals surface area contributed by atoms with E-state index in [1.807, 2.05) is 6.92 Å². The van der Waals surface area contributed by atoms with Crippen LogP contribution in [0.5, 0.6) is 11.5 Å². The Morgan fingerprint density at radius 3 is 2.89 bits per heavy atom. The first-order valence-corrected chi connectivity index (χ1v) is 9.71. The minimum atomic E-state index is -0.192. The van der Waals surface area contributed by atoms with Crippen LogP contribution in [0.25, 0.3) is 22.4 Å². The molecule has 1 N–H and O–H groups in total. The minimum Gasteiger partial charge on any atom is -0.503 e. The number of benzene rings is 1. The Hall–Kier alpha value is -2.97. The van der Waals surface area contributed by atoms with Gasteiger partial charge in [-0.3, -0.25) is 19.2 Å². The van der Waals surface area contributed by atoms with Gasteiger partial charge in [-0.25, -0.2) is 4.98 Å². The van der Waals surface area contributed by atoms with Gasteiger partial charge in [0.15, 0.2) is 16.5 Å². The first kappa shape index (κ1) is 18.4. The number of hydrogen-bond acceptors (Lipinski definition) is 7. The Balaban J connectivity index is 1.76.